The quantitative estimate of drug-likeness (QED) is 0.670. The highest BCUT2D eigenvalue weighted by Gasteiger charge is 2.44. The number of phenols is 1. The van der Waals surface area contributed by atoms with Gasteiger partial charge in [0.1, 0.15) is 5.75 Å². The highest BCUT2D eigenvalue weighted by Crippen LogP contribution is 2.54. The van der Waals surface area contributed by atoms with Crippen LogP contribution in [0.15, 0.2) is 24.3 Å². The van der Waals surface area contributed by atoms with Crippen LogP contribution in [0, 0.1) is 10.8 Å². The fourth-order valence-corrected chi connectivity index (χ4v) is 4.33. The van der Waals surface area contributed by atoms with E-state index in [0.29, 0.717) is 11.2 Å². The van der Waals surface area contributed by atoms with Crippen LogP contribution in [-0.4, -0.2) is 5.11 Å². The molecule has 0 heterocycles. The second-order valence-electron chi connectivity index (χ2n) is 7.63. The summed E-state index contributed by atoms with van der Waals surface area (Å²) in [6.45, 7) is 7.16. The molecule has 0 atom stereocenters. The molecule has 0 aromatic heterocycles. The second-order valence-corrected chi connectivity index (χ2v) is 7.63. The molecule has 1 nitrogen and oxygen atoms in total. The molecular formula is C20H32O. The first kappa shape index (κ1) is 16.4. The van der Waals surface area contributed by atoms with Gasteiger partial charge in [0.25, 0.3) is 0 Å². The van der Waals surface area contributed by atoms with Crippen LogP contribution >= 0.6 is 0 Å². The van der Waals surface area contributed by atoms with Crippen molar-refractivity contribution in [1.29, 1.82) is 0 Å². The Kier molecular flexibility index (Phi) is 5.35. The summed E-state index contributed by atoms with van der Waals surface area (Å²) in [5.41, 5.74) is 1.83. The molecule has 0 bridgehead atoms. The van der Waals surface area contributed by atoms with Gasteiger partial charge in [-0.05, 0) is 48.1 Å². The maximum atomic E-state index is 10.1. The minimum atomic E-state index is 0.251. The lowest BCUT2D eigenvalue weighted by Crippen LogP contribution is -2.41. The van der Waals surface area contributed by atoms with E-state index in [4.69, 9.17) is 0 Å². The second kappa shape index (κ2) is 6.85. The molecule has 1 saturated carbocycles. The van der Waals surface area contributed by atoms with Crippen molar-refractivity contribution >= 4 is 0 Å². The van der Waals surface area contributed by atoms with Crippen LogP contribution in [0.1, 0.15) is 77.7 Å². The minimum Gasteiger partial charge on any atom is -0.508 e. The summed E-state index contributed by atoms with van der Waals surface area (Å²) in [7, 11) is 0. The largest absolute Gasteiger partial charge is 0.508 e. The molecule has 0 saturated heterocycles. The minimum absolute atomic E-state index is 0.251. The van der Waals surface area contributed by atoms with Gasteiger partial charge < -0.3 is 5.11 Å². The third-order valence-corrected chi connectivity index (χ3v) is 5.88. The Bertz CT molecular complexity index is 441. The lowest BCUT2D eigenvalue weighted by molar-refractivity contribution is 0.0128. The van der Waals surface area contributed by atoms with E-state index in [1.807, 2.05) is 18.2 Å². The van der Waals surface area contributed by atoms with Gasteiger partial charge in [-0.3, -0.25) is 0 Å². The zero-order valence-electron chi connectivity index (χ0n) is 14.1. The van der Waals surface area contributed by atoms with E-state index < -0.39 is 0 Å². The number of para-hydroxylation sites is 1. The van der Waals surface area contributed by atoms with E-state index in [9.17, 15) is 5.11 Å². The smallest absolute Gasteiger partial charge is 0.118 e. The monoisotopic (exact) mass is 288 g/mol. The average molecular weight is 288 g/mol. The Balaban J connectivity index is 2.22. The topological polar surface area (TPSA) is 20.2 Å². The van der Waals surface area contributed by atoms with Crippen molar-refractivity contribution in [1.82, 2.24) is 0 Å². The number of hydrogen-bond donors (Lipinski definition) is 1. The molecule has 0 aliphatic heterocycles. The Morgan fingerprint density at radius 3 is 2.38 bits per heavy atom. The van der Waals surface area contributed by atoms with Crippen LogP contribution in [-0.2, 0) is 6.42 Å². The fraction of sp³-hybridized carbons (Fsp3) is 0.700. The van der Waals surface area contributed by atoms with Gasteiger partial charge in [-0.25, -0.2) is 0 Å². The molecule has 1 aliphatic rings. The predicted molar refractivity (Wildman–Crippen MR) is 90.6 cm³/mol. The Labute approximate surface area is 130 Å². The third-order valence-electron chi connectivity index (χ3n) is 5.88. The summed E-state index contributed by atoms with van der Waals surface area (Å²) in [5.74, 6) is 0.465. The van der Waals surface area contributed by atoms with Gasteiger partial charge in [0.15, 0.2) is 0 Å². The molecule has 118 valence electrons. The molecule has 1 fully saturated rings. The van der Waals surface area contributed by atoms with Gasteiger partial charge in [0.2, 0.25) is 0 Å². The van der Waals surface area contributed by atoms with Crippen molar-refractivity contribution in [2.45, 2.75) is 78.6 Å². The summed E-state index contributed by atoms with van der Waals surface area (Å²) in [6.07, 6.45) is 11.9. The van der Waals surface area contributed by atoms with E-state index in [-0.39, 0.29) is 5.41 Å². The Morgan fingerprint density at radius 1 is 1.10 bits per heavy atom. The zero-order chi connectivity index (χ0) is 15.3. The van der Waals surface area contributed by atoms with E-state index in [1.165, 1.54) is 51.4 Å². The van der Waals surface area contributed by atoms with Gasteiger partial charge >= 0.3 is 0 Å². The van der Waals surface area contributed by atoms with E-state index in [1.54, 1.807) is 0 Å². The van der Waals surface area contributed by atoms with Gasteiger partial charge in [-0.15, -0.1) is 0 Å². The third kappa shape index (κ3) is 3.62. The van der Waals surface area contributed by atoms with Crippen molar-refractivity contribution in [2.24, 2.45) is 10.8 Å². The molecule has 0 amide bonds. The average Bonchev–Trinajstić information content (AvgIpc) is 2.48. The molecule has 0 unspecified atom stereocenters. The summed E-state index contributed by atoms with van der Waals surface area (Å²) < 4.78 is 0. The Hall–Kier alpha value is -0.980. The van der Waals surface area contributed by atoms with Crippen LogP contribution in [0.2, 0.25) is 0 Å². The fourth-order valence-electron chi connectivity index (χ4n) is 4.33. The normalized spacial score (nSPS) is 18.6. The van der Waals surface area contributed by atoms with Crippen molar-refractivity contribution in [3.05, 3.63) is 29.8 Å². The zero-order valence-corrected chi connectivity index (χ0v) is 14.1. The first-order chi connectivity index (χ1) is 10.0. The van der Waals surface area contributed by atoms with E-state index in [0.717, 1.165) is 12.0 Å². The molecular weight excluding hydrogens is 256 g/mol. The van der Waals surface area contributed by atoms with Crippen molar-refractivity contribution in [3.8, 4) is 5.75 Å². The number of unbranched alkanes of at least 4 members (excludes halogenated alkanes) is 1. The maximum Gasteiger partial charge on any atom is 0.118 e. The molecule has 0 spiro atoms. The molecule has 1 aromatic carbocycles. The molecule has 0 radical (unpaired) electrons. The summed E-state index contributed by atoms with van der Waals surface area (Å²) in [5, 5.41) is 10.1. The Morgan fingerprint density at radius 2 is 1.76 bits per heavy atom. The molecule has 2 rings (SSSR count). The summed E-state index contributed by atoms with van der Waals surface area (Å²) >= 11 is 0. The van der Waals surface area contributed by atoms with Crippen LogP contribution in [0.5, 0.6) is 5.75 Å². The van der Waals surface area contributed by atoms with Gasteiger partial charge in [-0.1, -0.05) is 71.1 Å². The number of aromatic hydroxyl groups is 1. The molecule has 1 aromatic rings. The van der Waals surface area contributed by atoms with Gasteiger partial charge in [-0.2, -0.15) is 0 Å². The van der Waals surface area contributed by atoms with Crippen molar-refractivity contribution in [2.75, 3.05) is 0 Å². The number of benzene rings is 1. The first-order valence-corrected chi connectivity index (χ1v) is 8.78. The number of hydrogen-bond acceptors (Lipinski definition) is 1. The lowest BCUT2D eigenvalue weighted by atomic mass is 9.55. The molecule has 1 aliphatic carbocycles. The van der Waals surface area contributed by atoms with Crippen molar-refractivity contribution in [3.63, 3.8) is 0 Å². The van der Waals surface area contributed by atoms with Crippen LogP contribution < -0.4 is 0 Å². The van der Waals surface area contributed by atoms with Crippen LogP contribution in [0.25, 0.3) is 0 Å². The van der Waals surface area contributed by atoms with Gasteiger partial charge in [0.05, 0.1) is 0 Å². The summed E-state index contributed by atoms with van der Waals surface area (Å²) in [6, 6.07) is 7.88. The SMILES string of the molecule is CCCCC1(C(C)(C)Cc2ccccc2O)CCCCC1. The molecule has 21 heavy (non-hydrogen) atoms. The lowest BCUT2D eigenvalue weighted by Gasteiger charge is -2.50. The van der Waals surface area contributed by atoms with E-state index in [2.05, 4.69) is 26.8 Å². The van der Waals surface area contributed by atoms with Gasteiger partial charge in [0, 0.05) is 0 Å². The highest BCUT2D eigenvalue weighted by molar-refractivity contribution is 5.33. The summed E-state index contributed by atoms with van der Waals surface area (Å²) in [4.78, 5) is 0. The predicted octanol–water partition coefficient (Wildman–Crippen LogP) is 6.10. The standard InChI is InChI=1S/C20H32O/c1-4-5-13-20(14-9-6-10-15-20)19(2,3)16-17-11-7-8-12-18(17)21/h7-8,11-12,21H,4-6,9-10,13-16H2,1-3H3. The van der Waals surface area contributed by atoms with E-state index >= 15 is 0 Å². The van der Waals surface area contributed by atoms with Crippen molar-refractivity contribution < 1.29 is 5.11 Å². The number of rotatable bonds is 6. The number of phenolic OH excluding ortho intramolecular Hbond substituents is 1. The maximum absolute atomic E-state index is 10.1. The van der Waals surface area contributed by atoms with Crippen LogP contribution in [0.4, 0.5) is 0 Å². The highest BCUT2D eigenvalue weighted by atomic mass is 16.3. The first-order valence-electron chi connectivity index (χ1n) is 8.78. The van der Waals surface area contributed by atoms with Crippen LogP contribution in [0.3, 0.4) is 0 Å². The molecule has 1 heteroatoms. The molecule has 1 N–H and O–H groups in total.